The van der Waals surface area contributed by atoms with Crippen LogP contribution in [0.2, 0.25) is 0 Å². The number of alkyl halides is 2. The minimum Gasteiger partial charge on any atom is -0.481 e. The predicted molar refractivity (Wildman–Crippen MR) is 44.0 cm³/mol. The number of carbonyl (C=O) groups is 1. The highest BCUT2D eigenvalue weighted by Gasteiger charge is 2.14. The second-order valence-corrected chi connectivity index (χ2v) is 3.00. The fourth-order valence-corrected chi connectivity index (χ4v) is 0.954. The molecule has 78 valence electrons. The molecule has 6 heteroatoms. The summed E-state index contributed by atoms with van der Waals surface area (Å²) in [7, 11) is 0. The molecule has 0 radical (unpaired) electrons. The van der Waals surface area contributed by atoms with Gasteiger partial charge in [-0.25, -0.2) is 8.78 Å². The first-order valence-electron chi connectivity index (χ1n) is 4.05. The van der Waals surface area contributed by atoms with Gasteiger partial charge in [0.1, 0.15) is 5.69 Å². The van der Waals surface area contributed by atoms with Crippen LogP contribution in [0.15, 0.2) is 12.3 Å². The van der Waals surface area contributed by atoms with Crippen LogP contribution in [0, 0.1) is 5.92 Å². The van der Waals surface area contributed by atoms with Crippen LogP contribution in [0.25, 0.3) is 0 Å². The van der Waals surface area contributed by atoms with Gasteiger partial charge in [-0.2, -0.15) is 5.10 Å². The number of aromatic nitrogens is 2. The molecule has 0 spiro atoms. The molecule has 0 aliphatic carbocycles. The molecule has 1 N–H and O–H groups in total. The number of nitrogens with zero attached hydrogens (tertiary/aromatic N) is 2. The van der Waals surface area contributed by atoms with Gasteiger partial charge in [0.25, 0.3) is 6.43 Å². The van der Waals surface area contributed by atoms with Crippen LogP contribution in [0.1, 0.15) is 19.0 Å². The van der Waals surface area contributed by atoms with Crippen molar-refractivity contribution < 1.29 is 18.7 Å². The highest BCUT2D eigenvalue weighted by atomic mass is 19.3. The van der Waals surface area contributed by atoms with E-state index in [0.29, 0.717) is 0 Å². The molecular weight excluding hydrogens is 194 g/mol. The van der Waals surface area contributed by atoms with Crippen LogP contribution in [0.3, 0.4) is 0 Å². The standard InChI is InChI=1S/C8H10F2N2O2/c1-5(8(13)14)4-12-3-2-6(11-12)7(9)10/h2-3,5,7H,4H2,1H3,(H,13,14)/t5-/m1/s1. The molecule has 0 saturated heterocycles. The highest BCUT2D eigenvalue weighted by Crippen LogP contribution is 2.15. The Balaban J connectivity index is 2.64. The van der Waals surface area contributed by atoms with E-state index in [1.165, 1.54) is 23.9 Å². The first kappa shape index (κ1) is 10.6. The zero-order valence-corrected chi connectivity index (χ0v) is 7.52. The van der Waals surface area contributed by atoms with E-state index >= 15 is 0 Å². The van der Waals surface area contributed by atoms with Crippen molar-refractivity contribution >= 4 is 5.97 Å². The Morgan fingerprint density at radius 3 is 2.79 bits per heavy atom. The molecule has 0 aromatic carbocycles. The summed E-state index contributed by atoms with van der Waals surface area (Å²) in [6.45, 7) is 1.59. The number of hydrogen-bond acceptors (Lipinski definition) is 2. The Morgan fingerprint density at radius 2 is 2.36 bits per heavy atom. The van der Waals surface area contributed by atoms with Crippen LogP contribution in [-0.2, 0) is 11.3 Å². The third-order valence-corrected chi connectivity index (χ3v) is 1.77. The van der Waals surface area contributed by atoms with Gasteiger partial charge in [0.15, 0.2) is 0 Å². The molecule has 0 aliphatic rings. The highest BCUT2D eigenvalue weighted by molar-refractivity contribution is 5.69. The molecule has 1 heterocycles. The van der Waals surface area contributed by atoms with Gasteiger partial charge in [0, 0.05) is 6.20 Å². The molecule has 1 rings (SSSR count). The number of carboxylic acids is 1. The molecule has 1 aromatic heterocycles. The number of halogens is 2. The van der Waals surface area contributed by atoms with Crippen molar-refractivity contribution in [2.45, 2.75) is 19.9 Å². The van der Waals surface area contributed by atoms with Gasteiger partial charge in [-0.1, -0.05) is 6.92 Å². The summed E-state index contributed by atoms with van der Waals surface area (Å²) in [6.07, 6.45) is -1.27. The van der Waals surface area contributed by atoms with Crippen molar-refractivity contribution in [1.29, 1.82) is 0 Å². The van der Waals surface area contributed by atoms with Crippen molar-refractivity contribution in [3.8, 4) is 0 Å². The van der Waals surface area contributed by atoms with E-state index in [1.807, 2.05) is 0 Å². The fraction of sp³-hybridized carbons (Fsp3) is 0.500. The van der Waals surface area contributed by atoms with Crippen LogP contribution in [0.5, 0.6) is 0 Å². The predicted octanol–water partition coefficient (Wildman–Crippen LogP) is 1.54. The number of rotatable bonds is 4. The molecule has 1 aromatic rings. The Morgan fingerprint density at radius 1 is 1.71 bits per heavy atom. The quantitative estimate of drug-likeness (QED) is 0.809. The van der Waals surface area contributed by atoms with Gasteiger partial charge in [-0.15, -0.1) is 0 Å². The van der Waals surface area contributed by atoms with E-state index in [4.69, 9.17) is 5.11 Å². The Hall–Kier alpha value is -1.46. The van der Waals surface area contributed by atoms with Gasteiger partial charge in [-0.3, -0.25) is 9.48 Å². The SMILES string of the molecule is C[C@H](Cn1ccc(C(F)F)n1)C(=O)O. The molecule has 14 heavy (non-hydrogen) atoms. The largest absolute Gasteiger partial charge is 0.481 e. The maximum absolute atomic E-state index is 12.1. The molecule has 0 fully saturated rings. The molecule has 0 unspecified atom stereocenters. The van der Waals surface area contributed by atoms with Crippen LogP contribution < -0.4 is 0 Å². The Labute approximate surface area is 79.2 Å². The van der Waals surface area contributed by atoms with Crippen molar-refractivity contribution in [3.05, 3.63) is 18.0 Å². The molecule has 0 amide bonds. The van der Waals surface area contributed by atoms with Crippen molar-refractivity contribution in [2.24, 2.45) is 5.92 Å². The first-order chi connectivity index (χ1) is 6.50. The summed E-state index contributed by atoms with van der Waals surface area (Å²) < 4.78 is 25.4. The Bertz CT molecular complexity index is 325. The lowest BCUT2D eigenvalue weighted by molar-refractivity contribution is -0.141. The summed E-state index contributed by atoms with van der Waals surface area (Å²) in [6, 6.07) is 1.18. The number of carboxylic acid groups (broad SMARTS) is 1. The summed E-state index contributed by atoms with van der Waals surface area (Å²) in [5.74, 6) is -1.61. The third-order valence-electron chi connectivity index (χ3n) is 1.77. The molecular formula is C8H10F2N2O2. The summed E-state index contributed by atoms with van der Waals surface area (Å²) in [4.78, 5) is 10.5. The van der Waals surface area contributed by atoms with Crippen molar-refractivity contribution in [2.75, 3.05) is 0 Å². The van der Waals surface area contributed by atoms with Crippen LogP contribution >= 0.6 is 0 Å². The topological polar surface area (TPSA) is 55.1 Å². The molecule has 1 atom stereocenters. The molecule has 4 nitrogen and oxygen atoms in total. The average molecular weight is 204 g/mol. The molecule has 0 bridgehead atoms. The number of aliphatic carboxylic acids is 1. The summed E-state index contributed by atoms with van der Waals surface area (Å²) >= 11 is 0. The summed E-state index contributed by atoms with van der Waals surface area (Å²) in [5, 5.41) is 12.1. The summed E-state index contributed by atoms with van der Waals surface area (Å²) in [5.41, 5.74) is -0.331. The van der Waals surface area contributed by atoms with E-state index in [1.54, 1.807) is 0 Å². The molecule has 0 aliphatic heterocycles. The fourth-order valence-electron chi connectivity index (χ4n) is 0.954. The van der Waals surface area contributed by atoms with E-state index < -0.39 is 18.3 Å². The normalized spacial score (nSPS) is 13.1. The second-order valence-electron chi connectivity index (χ2n) is 3.00. The minimum absolute atomic E-state index is 0.0993. The third kappa shape index (κ3) is 2.51. The van der Waals surface area contributed by atoms with E-state index in [9.17, 15) is 13.6 Å². The van der Waals surface area contributed by atoms with Crippen molar-refractivity contribution in [1.82, 2.24) is 9.78 Å². The zero-order valence-electron chi connectivity index (χ0n) is 7.52. The first-order valence-corrected chi connectivity index (χ1v) is 4.05. The lowest BCUT2D eigenvalue weighted by atomic mass is 10.2. The lowest BCUT2D eigenvalue weighted by Crippen LogP contribution is -2.17. The van der Waals surface area contributed by atoms with Crippen molar-refractivity contribution in [3.63, 3.8) is 0 Å². The second kappa shape index (κ2) is 4.17. The van der Waals surface area contributed by atoms with Gasteiger partial charge >= 0.3 is 5.97 Å². The van der Waals surface area contributed by atoms with Gasteiger partial charge in [0.05, 0.1) is 12.5 Å². The van der Waals surface area contributed by atoms with E-state index in [0.717, 1.165) is 0 Å². The van der Waals surface area contributed by atoms with Crippen LogP contribution in [0.4, 0.5) is 8.78 Å². The molecule has 0 saturated carbocycles. The maximum Gasteiger partial charge on any atom is 0.308 e. The van der Waals surface area contributed by atoms with Gasteiger partial charge < -0.3 is 5.11 Å². The van der Waals surface area contributed by atoms with Gasteiger partial charge in [-0.05, 0) is 6.07 Å². The zero-order chi connectivity index (χ0) is 10.7. The van der Waals surface area contributed by atoms with Gasteiger partial charge in [0.2, 0.25) is 0 Å². The smallest absolute Gasteiger partial charge is 0.308 e. The van der Waals surface area contributed by atoms with Crippen LogP contribution in [-0.4, -0.2) is 20.9 Å². The maximum atomic E-state index is 12.1. The average Bonchev–Trinajstić information content (AvgIpc) is 2.52. The minimum atomic E-state index is -2.61. The lowest BCUT2D eigenvalue weighted by Gasteiger charge is -2.05. The van der Waals surface area contributed by atoms with E-state index in [2.05, 4.69) is 5.10 Å². The Kier molecular flexibility index (Phi) is 3.16. The number of hydrogen-bond donors (Lipinski definition) is 1. The van der Waals surface area contributed by atoms with E-state index in [-0.39, 0.29) is 12.2 Å². The monoisotopic (exact) mass is 204 g/mol.